The van der Waals surface area contributed by atoms with Gasteiger partial charge in [0.05, 0.1) is 22.6 Å². The summed E-state index contributed by atoms with van der Waals surface area (Å²) in [5, 5.41) is 11.3. The van der Waals surface area contributed by atoms with Crippen molar-refractivity contribution in [1.82, 2.24) is 20.2 Å². The molecule has 0 radical (unpaired) electrons. The van der Waals surface area contributed by atoms with Crippen molar-refractivity contribution in [2.45, 2.75) is 18.9 Å². The number of hydrogen-bond donors (Lipinski definition) is 1. The van der Waals surface area contributed by atoms with Crippen molar-refractivity contribution in [3.63, 3.8) is 0 Å². The fourth-order valence-corrected chi connectivity index (χ4v) is 4.70. The van der Waals surface area contributed by atoms with Gasteiger partial charge in [-0.1, -0.05) is 0 Å². The lowest BCUT2D eigenvalue weighted by atomic mass is 10.0. The Bertz CT molecular complexity index is 804. The van der Waals surface area contributed by atoms with Crippen molar-refractivity contribution < 1.29 is 12.8 Å². The molecule has 0 saturated carbocycles. The number of benzene rings is 1. The molecule has 1 saturated heterocycles. The Labute approximate surface area is 120 Å². The topological polar surface area (TPSA) is 104 Å². The summed E-state index contributed by atoms with van der Waals surface area (Å²) in [6.07, 6.45) is 0.386. The predicted molar refractivity (Wildman–Crippen MR) is 74.5 cm³/mol. The van der Waals surface area contributed by atoms with Crippen LogP contribution in [0, 0.1) is 5.82 Å². The van der Waals surface area contributed by atoms with Crippen molar-refractivity contribution in [3.8, 4) is 11.4 Å². The van der Waals surface area contributed by atoms with Crippen molar-refractivity contribution in [2.75, 3.05) is 17.2 Å². The maximum atomic E-state index is 14.0. The normalized spacial score (nSPS) is 24.3. The molecule has 1 atom stereocenters. The second kappa shape index (κ2) is 4.48. The Hall–Kier alpha value is -2.03. The van der Waals surface area contributed by atoms with Crippen LogP contribution in [0.2, 0.25) is 0 Å². The van der Waals surface area contributed by atoms with Gasteiger partial charge in [0.2, 0.25) is 0 Å². The summed E-state index contributed by atoms with van der Waals surface area (Å²) in [5.74, 6) is -0.325. The number of sulfone groups is 1. The first-order chi connectivity index (χ1) is 9.81. The highest BCUT2D eigenvalue weighted by molar-refractivity contribution is 7.91. The monoisotopic (exact) mass is 311 g/mol. The number of halogens is 1. The van der Waals surface area contributed by atoms with Crippen LogP contribution in [0.5, 0.6) is 0 Å². The third kappa shape index (κ3) is 2.37. The highest BCUT2D eigenvalue weighted by atomic mass is 32.2. The molecule has 1 unspecified atom stereocenters. The maximum absolute atomic E-state index is 14.0. The summed E-state index contributed by atoms with van der Waals surface area (Å²) < 4.78 is 38.8. The van der Waals surface area contributed by atoms with Crippen LogP contribution in [0.15, 0.2) is 18.2 Å². The molecule has 7 nitrogen and oxygen atoms in total. The molecule has 1 fully saturated rings. The van der Waals surface area contributed by atoms with Gasteiger partial charge in [-0.25, -0.2) is 17.5 Å². The van der Waals surface area contributed by atoms with Crippen molar-refractivity contribution in [1.29, 1.82) is 0 Å². The van der Waals surface area contributed by atoms with E-state index in [-0.39, 0.29) is 22.9 Å². The Morgan fingerprint density at radius 2 is 2.19 bits per heavy atom. The van der Waals surface area contributed by atoms with Crippen LogP contribution >= 0.6 is 0 Å². The zero-order valence-electron chi connectivity index (χ0n) is 11.3. The average molecular weight is 311 g/mol. The molecule has 9 heteroatoms. The van der Waals surface area contributed by atoms with Crippen LogP contribution in [0.3, 0.4) is 0 Å². The molecule has 1 aliphatic rings. The molecule has 1 aromatic heterocycles. The smallest absolute Gasteiger partial charge is 0.185 e. The molecule has 0 spiro atoms. The molecule has 21 heavy (non-hydrogen) atoms. The number of aromatic nitrogens is 4. The molecule has 2 aromatic rings. The first-order valence-corrected chi connectivity index (χ1v) is 8.18. The molecule has 2 heterocycles. The summed E-state index contributed by atoms with van der Waals surface area (Å²) in [6.45, 7) is 1.75. The van der Waals surface area contributed by atoms with E-state index in [1.807, 2.05) is 0 Å². The Morgan fingerprint density at radius 3 is 2.86 bits per heavy atom. The van der Waals surface area contributed by atoms with Gasteiger partial charge in [0, 0.05) is 5.69 Å². The van der Waals surface area contributed by atoms with Gasteiger partial charge in [-0.2, -0.15) is 0 Å². The van der Waals surface area contributed by atoms with Gasteiger partial charge in [-0.05, 0) is 42.0 Å². The second-order valence-corrected chi connectivity index (χ2v) is 7.68. The SMILES string of the molecule is CC1(n2nnnc2-c2cc(N)ccc2F)CCS(=O)(=O)C1. The molecular weight excluding hydrogens is 297 g/mol. The van der Waals surface area contributed by atoms with E-state index < -0.39 is 21.2 Å². The summed E-state index contributed by atoms with van der Waals surface area (Å²) in [4.78, 5) is 0. The average Bonchev–Trinajstić information content (AvgIpc) is 2.98. The van der Waals surface area contributed by atoms with E-state index in [2.05, 4.69) is 15.5 Å². The molecule has 1 aromatic carbocycles. The Balaban J connectivity index is 2.12. The summed E-state index contributed by atoms with van der Waals surface area (Å²) in [6, 6.07) is 4.11. The van der Waals surface area contributed by atoms with E-state index in [0.717, 1.165) is 0 Å². The highest BCUT2D eigenvalue weighted by Gasteiger charge is 2.42. The van der Waals surface area contributed by atoms with Gasteiger partial charge >= 0.3 is 0 Å². The third-order valence-corrected chi connectivity index (χ3v) is 5.58. The predicted octanol–water partition coefficient (Wildman–Crippen LogP) is 0.595. The van der Waals surface area contributed by atoms with E-state index >= 15 is 0 Å². The van der Waals surface area contributed by atoms with Gasteiger partial charge in [0.15, 0.2) is 15.7 Å². The maximum Gasteiger partial charge on any atom is 0.185 e. The van der Waals surface area contributed by atoms with Crippen molar-refractivity contribution in [2.24, 2.45) is 0 Å². The van der Waals surface area contributed by atoms with Gasteiger partial charge < -0.3 is 5.73 Å². The van der Waals surface area contributed by atoms with Gasteiger partial charge in [0.25, 0.3) is 0 Å². The minimum atomic E-state index is -3.13. The number of nitrogens with zero attached hydrogens (tertiary/aromatic N) is 4. The molecule has 2 N–H and O–H groups in total. The van der Waals surface area contributed by atoms with Crippen molar-refractivity contribution >= 4 is 15.5 Å². The Morgan fingerprint density at radius 1 is 1.43 bits per heavy atom. The van der Waals surface area contributed by atoms with E-state index in [1.165, 1.54) is 22.9 Å². The van der Waals surface area contributed by atoms with Crippen LogP contribution in [0.1, 0.15) is 13.3 Å². The van der Waals surface area contributed by atoms with Gasteiger partial charge in [-0.3, -0.25) is 0 Å². The first kappa shape index (κ1) is 13.9. The highest BCUT2D eigenvalue weighted by Crippen LogP contribution is 2.33. The second-order valence-electron chi connectivity index (χ2n) is 5.49. The van der Waals surface area contributed by atoms with Crippen LogP contribution in [0.4, 0.5) is 10.1 Å². The molecule has 112 valence electrons. The molecule has 0 amide bonds. The molecule has 3 rings (SSSR count). The van der Waals surface area contributed by atoms with E-state index in [4.69, 9.17) is 5.73 Å². The summed E-state index contributed by atoms with van der Waals surface area (Å²) >= 11 is 0. The van der Waals surface area contributed by atoms with E-state index in [9.17, 15) is 12.8 Å². The number of nitrogen functional groups attached to an aromatic ring is 1. The fourth-order valence-electron chi connectivity index (χ4n) is 2.59. The number of rotatable bonds is 2. The van der Waals surface area contributed by atoms with Crippen LogP contribution in [0.25, 0.3) is 11.4 Å². The largest absolute Gasteiger partial charge is 0.399 e. The number of nitrogens with two attached hydrogens (primary N) is 1. The van der Waals surface area contributed by atoms with Crippen LogP contribution in [-0.4, -0.2) is 40.1 Å². The standard InChI is InChI=1S/C12H14FN5O2S/c1-12(4-5-21(19,20)7-12)18-11(15-16-17-18)9-6-8(14)2-3-10(9)13/h2-3,6H,4-5,7,14H2,1H3. The fraction of sp³-hybridized carbons (Fsp3) is 0.417. The van der Waals surface area contributed by atoms with Crippen LogP contribution < -0.4 is 5.73 Å². The third-order valence-electron chi connectivity index (χ3n) is 3.69. The minimum Gasteiger partial charge on any atom is -0.399 e. The summed E-state index contributed by atoms with van der Waals surface area (Å²) in [7, 11) is -3.13. The summed E-state index contributed by atoms with van der Waals surface area (Å²) in [5.41, 5.74) is 5.43. The molecular formula is C12H14FN5O2S. The van der Waals surface area contributed by atoms with E-state index in [1.54, 1.807) is 6.92 Å². The molecule has 0 aliphatic carbocycles. The quantitative estimate of drug-likeness (QED) is 0.814. The van der Waals surface area contributed by atoms with Gasteiger partial charge in [0.1, 0.15) is 5.82 Å². The minimum absolute atomic E-state index is 0.0675. The number of hydrogen-bond acceptors (Lipinski definition) is 6. The molecule has 0 bridgehead atoms. The van der Waals surface area contributed by atoms with Crippen molar-refractivity contribution in [3.05, 3.63) is 24.0 Å². The lowest BCUT2D eigenvalue weighted by molar-refractivity contribution is 0.324. The zero-order chi connectivity index (χ0) is 15.3. The number of tetrazole rings is 1. The molecule has 1 aliphatic heterocycles. The van der Waals surface area contributed by atoms with E-state index in [0.29, 0.717) is 12.1 Å². The lowest BCUT2D eigenvalue weighted by Gasteiger charge is -2.23. The van der Waals surface area contributed by atoms with Gasteiger partial charge in [-0.15, -0.1) is 5.10 Å². The lowest BCUT2D eigenvalue weighted by Crippen LogP contribution is -2.33. The first-order valence-electron chi connectivity index (χ1n) is 6.35. The number of anilines is 1. The zero-order valence-corrected chi connectivity index (χ0v) is 12.1. The Kier molecular flexibility index (Phi) is 2.97. The van der Waals surface area contributed by atoms with Crippen LogP contribution in [-0.2, 0) is 15.4 Å².